The van der Waals surface area contributed by atoms with Crippen molar-refractivity contribution in [3.05, 3.63) is 63.2 Å². The van der Waals surface area contributed by atoms with Crippen LogP contribution in [0.15, 0.2) is 36.4 Å². The number of anilines is 2. The number of nitro groups is 1. The molecule has 3 N–H and O–H groups in total. The largest absolute Gasteiger partial charge is 0.452 e. The molecule has 2 rings (SSSR count). The summed E-state index contributed by atoms with van der Waals surface area (Å²) in [6, 6.07) is 8.90. The molecule has 30 heavy (non-hydrogen) atoms. The number of nitrogen functional groups attached to an aromatic ring is 1. The predicted molar refractivity (Wildman–Crippen MR) is 110 cm³/mol. The summed E-state index contributed by atoms with van der Waals surface area (Å²) >= 11 is 0. The highest BCUT2D eigenvalue weighted by atomic mass is 16.6. The van der Waals surface area contributed by atoms with Gasteiger partial charge >= 0.3 is 5.97 Å². The Kier molecular flexibility index (Phi) is 7.08. The summed E-state index contributed by atoms with van der Waals surface area (Å²) in [5.41, 5.74) is 7.61. The lowest BCUT2D eigenvalue weighted by Crippen LogP contribution is -2.37. The maximum atomic E-state index is 12.2. The first-order valence-electron chi connectivity index (χ1n) is 8.91. The van der Waals surface area contributed by atoms with Crippen LogP contribution in [0.1, 0.15) is 21.5 Å². The van der Waals surface area contributed by atoms with E-state index < -0.39 is 29.3 Å². The van der Waals surface area contributed by atoms with Crippen LogP contribution in [-0.4, -0.2) is 47.8 Å². The molecule has 0 aliphatic heterocycles. The van der Waals surface area contributed by atoms with Crippen molar-refractivity contribution in [3.8, 4) is 0 Å². The third-order valence-electron chi connectivity index (χ3n) is 4.34. The van der Waals surface area contributed by atoms with Crippen molar-refractivity contribution in [2.75, 3.05) is 31.2 Å². The van der Waals surface area contributed by atoms with E-state index in [2.05, 4.69) is 5.32 Å². The van der Waals surface area contributed by atoms with Crippen LogP contribution in [0.2, 0.25) is 0 Å². The van der Waals surface area contributed by atoms with Crippen LogP contribution in [0, 0.1) is 24.0 Å². The molecule has 0 radical (unpaired) electrons. The molecule has 0 saturated carbocycles. The topological polar surface area (TPSA) is 145 Å². The van der Waals surface area contributed by atoms with E-state index in [1.165, 1.54) is 7.05 Å². The summed E-state index contributed by atoms with van der Waals surface area (Å²) in [6.45, 7) is 2.88. The number of non-ortho nitro benzene ring substituents is 1. The van der Waals surface area contributed by atoms with E-state index in [0.29, 0.717) is 5.69 Å². The number of nitro benzene ring substituents is 1. The SMILES string of the molecule is Cc1cccc(C)c1NC(=O)CN(C)C(=O)COC(=O)c1ccc([N+](=O)[O-])cc1N. The zero-order valence-corrected chi connectivity index (χ0v) is 16.8. The number of nitrogens with zero attached hydrogens (tertiary/aromatic N) is 2. The Morgan fingerprint density at radius 3 is 2.37 bits per heavy atom. The Morgan fingerprint density at radius 1 is 1.17 bits per heavy atom. The zero-order valence-electron chi connectivity index (χ0n) is 16.8. The first kappa shape index (κ1) is 22.3. The number of esters is 1. The minimum absolute atomic E-state index is 0.0937. The second-order valence-electron chi connectivity index (χ2n) is 6.67. The van der Waals surface area contributed by atoms with Crippen LogP contribution in [0.5, 0.6) is 0 Å². The van der Waals surface area contributed by atoms with Gasteiger partial charge in [0.15, 0.2) is 6.61 Å². The van der Waals surface area contributed by atoms with Crippen LogP contribution in [0.3, 0.4) is 0 Å². The predicted octanol–water partition coefficient (Wildman–Crippen LogP) is 2.05. The van der Waals surface area contributed by atoms with Crippen LogP contribution in [-0.2, 0) is 14.3 Å². The van der Waals surface area contributed by atoms with E-state index in [4.69, 9.17) is 10.5 Å². The molecule has 0 spiro atoms. The van der Waals surface area contributed by atoms with E-state index in [1.54, 1.807) is 0 Å². The van der Waals surface area contributed by atoms with Gasteiger partial charge in [-0.3, -0.25) is 19.7 Å². The van der Waals surface area contributed by atoms with Crippen molar-refractivity contribution < 1.29 is 24.0 Å². The van der Waals surface area contributed by atoms with E-state index in [9.17, 15) is 24.5 Å². The van der Waals surface area contributed by atoms with Crippen molar-refractivity contribution >= 4 is 34.8 Å². The molecule has 0 fully saturated rings. The molecule has 0 bridgehead atoms. The molecule has 2 amide bonds. The van der Waals surface area contributed by atoms with Gasteiger partial charge in [-0.05, 0) is 31.0 Å². The quantitative estimate of drug-likeness (QED) is 0.305. The fourth-order valence-electron chi connectivity index (χ4n) is 2.66. The average Bonchev–Trinajstić information content (AvgIpc) is 2.68. The van der Waals surface area contributed by atoms with E-state index in [0.717, 1.165) is 34.2 Å². The van der Waals surface area contributed by atoms with Gasteiger partial charge in [-0.2, -0.15) is 0 Å². The molecule has 0 unspecified atom stereocenters. The van der Waals surface area contributed by atoms with Gasteiger partial charge in [-0.15, -0.1) is 0 Å². The Labute approximate surface area is 172 Å². The van der Waals surface area contributed by atoms with Crippen LogP contribution in [0.4, 0.5) is 17.1 Å². The summed E-state index contributed by atoms with van der Waals surface area (Å²) in [6.07, 6.45) is 0. The molecule has 0 aromatic heterocycles. The van der Waals surface area contributed by atoms with Crippen molar-refractivity contribution in [1.82, 2.24) is 4.90 Å². The highest BCUT2D eigenvalue weighted by molar-refractivity contribution is 5.98. The van der Waals surface area contributed by atoms with Crippen LogP contribution >= 0.6 is 0 Å². The van der Waals surface area contributed by atoms with Crippen molar-refractivity contribution in [2.45, 2.75) is 13.8 Å². The molecule has 0 aliphatic carbocycles. The molecule has 2 aromatic rings. The highest BCUT2D eigenvalue weighted by Crippen LogP contribution is 2.21. The molecule has 10 heteroatoms. The number of nitrogens with one attached hydrogen (secondary N) is 1. The monoisotopic (exact) mass is 414 g/mol. The third-order valence-corrected chi connectivity index (χ3v) is 4.34. The number of likely N-dealkylation sites (N-methyl/N-ethyl adjacent to an activating group) is 1. The normalized spacial score (nSPS) is 10.2. The van der Waals surface area contributed by atoms with Crippen molar-refractivity contribution in [1.29, 1.82) is 0 Å². The number of hydrogen-bond donors (Lipinski definition) is 2. The van der Waals surface area contributed by atoms with Gasteiger partial charge < -0.3 is 20.7 Å². The first-order valence-corrected chi connectivity index (χ1v) is 8.91. The molecular formula is C20H22N4O6. The summed E-state index contributed by atoms with van der Waals surface area (Å²) in [7, 11) is 1.40. The second kappa shape index (κ2) is 9.50. The number of rotatable bonds is 7. The molecule has 0 heterocycles. The van der Waals surface area contributed by atoms with Crippen molar-refractivity contribution in [2.24, 2.45) is 0 Å². The second-order valence-corrected chi connectivity index (χ2v) is 6.67. The average molecular weight is 414 g/mol. The van der Waals surface area contributed by atoms with Crippen LogP contribution in [0.25, 0.3) is 0 Å². The number of nitrogens with two attached hydrogens (primary N) is 1. The summed E-state index contributed by atoms with van der Waals surface area (Å²) in [4.78, 5) is 47.7. The number of amides is 2. The maximum Gasteiger partial charge on any atom is 0.340 e. The van der Waals surface area contributed by atoms with Gasteiger partial charge in [0, 0.05) is 24.9 Å². The van der Waals surface area contributed by atoms with Gasteiger partial charge in [-0.25, -0.2) is 4.79 Å². The van der Waals surface area contributed by atoms with Gasteiger partial charge in [0.25, 0.3) is 11.6 Å². The Bertz CT molecular complexity index is 985. The molecule has 10 nitrogen and oxygen atoms in total. The van der Waals surface area contributed by atoms with Crippen molar-refractivity contribution in [3.63, 3.8) is 0 Å². The first-order chi connectivity index (χ1) is 14.1. The van der Waals surface area contributed by atoms with Gasteiger partial charge in [-0.1, -0.05) is 18.2 Å². The molecular weight excluding hydrogens is 392 g/mol. The summed E-state index contributed by atoms with van der Waals surface area (Å²) in [5, 5.41) is 13.5. The maximum absolute atomic E-state index is 12.2. The smallest absolute Gasteiger partial charge is 0.340 e. The standard InChI is InChI=1S/C20H22N4O6/c1-12-5-4-6-13(2)19(12)22-17(25)10-23(3)18(26)11-30-20(27)15-8-7-14(24(28)29)9-16(15)21/h4-9H,10-11,21H2,1-3H3,(H,22,25). The molecule has 0 saturated heterocycles. The van der Waals surface area contributed by atoms with E-state index >= 15 is 0 Å². The number of carbonyl (C=O) groups excluding carboxylic acids is 3. The zero-order chi connectivity index (χ0) is 22.4. The molecule has 0 aliphatic rings. The number of hydrogen-bond acceptors (Lipinski definition) is 7. The molecule has 0 atom stereocenters. The highest BCUT2D eigenvalue weighted by Gasteiger charge is 2.19. The Balaban J connectivity index is 1.90. The minimum atomic E-state index is -0.899. The Hall–Kier alpha value is -3.95. The van der Waals surface area contributed by atoms with Gasteiger partial charge in [0.05, 0.1) is 22.7 Å². The minimum Gasteiger partial charge on any atom is -0.452 e. The summed E-state index contributed by atoms with van der Waals surface area (Å²) < 4.78 is 4.92. The number of carbonyl (C=O) groups is 3. The lowest BCUT2D eigenvalue weighted by molar-refractivity contribution is -0.384. The molecule has 2 aromatic carbocycles. The lowest BCUT2D eigenvalue weighted by Gasteiger charge is -2.18. The number of ether oxygens (including phenoxy) is 1. The van der Waals surface area contributed by atoms with E-state index in [1.807, 2.05) is 32.0 Å². The summed E-state index contributed by atoms with van der Waals surface area (Å²) in [5.74, 6) is -1.89. The third kappa shape index (κ3) is 5.53. The van der Waals surface area contributed by atoms with E-state index in [-0.39, 0.29) is 23.5 Å². The lowest BCUT2D eigenvalue weighted by atomic mass is 10.1. The fourth-order valence-corrected chi connectivity index (χ4v) is 2.66. The number of para-hydroxylation sites is 1. The number of aryl methyl sites for hydroxylation is 2. The Morgan fingerprint density at radius 2 is 1.80 bits per heavy atom. The fraction of sp³-hybridized carbons (Fsp3) is 0.250. The van der Waals surface area contributed by atoms with Crippen LogP contribution < -0.4 is 11.1 Å². The molecule has 158 valence electrons. The number of benzene rings is 2. The van der Waals surface area contributed by atoms with Gasteiger partial charge in [0.2, 0.25) is 5.91 Å². The van der Waals surface area contributed by atoms with Gasteiger partial charge in [0.1, 0.15) is 0 Å².